The Morgan fingerprint density at radius 1 is 1.17 bits per heavy atom. The Kier molecular flexibility index (Phi) is 5.45. The highest BCUT2D eigenvalue weighted by atomic mass is 16.1. The van der Waals surface area contributed by atoms with Crippen molar-refractivity contribution in [3.8, 4) is 0 Å². The van der Waals surface area contributed by atoms with Gasteiger partial charge in [-0.15, -0.1) is 0 Å². The van der Waals surface area contributed by atoms with Crippen LogP contribution in [0.5, 0.6) is 0 Å². The van der Waals surface area contributed by atoms with Crippen molar-refractivity contribution in [2.24, 2.45) is 11.8 Å². The first-order valence-electron chi connectivity index (χ1n) is 7.40. The topological polar surface area (TPSA) is 44.4 Å². The molecular weight excluding hydrogens is 226 g/mol. The number of rotatable bonds is 4. The van der Waals surface area contributed by atoms with Crippen molar-refractivity contribution in [2.45, 2.75) is 32.1 Å². The van der Waals surface area contributed by atoms with Crippen molar-refractivity contribution in [3.63, 3.8) is 0 Å². The van der Waals surface area contributed by atoms with Crippen LogP contribution in [0.1, 0.15) is 32.1 Å². The summed E-state index contributed by atoms with van der Waals surface area (Å²) in [6.07, 6.45) is 5.49. The molecule has 18 heavy (non-hydrogen) atoms. The van der Waals surface area contributed by atoms with E-state index in [1.165, 1.54) is 25.9 Å². The smallest absolute Gasteiger partial charge is 0.220 e. The van der Waals surface area contributed by atoms with Gasteiger partial charge in [-0.05, 0) is 70.7 Å². The largest absolute Gasteiger partial charge is 0.356 e. The van der Waals surface area contributed by atoms with Crippen LogP contribution < -0.4 is 10.6 Å². The fourth-order valence-corrected chi connectivity index (χ4v) is 2.94. The molecule has 4 nitrogen and oxygen atoms in total. The van der Waals surface area contributed by atoms with Crippen LogP contribution in [0.15, 0.2) is 0 Å². The molecule has 0 aromatic heterocycles. The maximum absolute atomic E-state index is 11.9. The van der Waals surface area contributed by atoms with Crippen molar-refractivity contribution >= 4 is 5.91 Å². The molecule has 0 bridgehead atoms. The molecule has 0 saturated carbocycles. The number of carbonyl (C=O) groups excluding carboxylic acids is 1. The zero-order valence-corrected chi connectivity index (χ0v) is 11.6. The summed E-state index contributed by atoms with van der Waals surface area (Å²) < 4.78 is 0. The molecule has 0 aromatic rings. The molecule has 0 aromatic carbocycles. The van der Waals surface area contributed by atoms with Gasteiger partial charge in [0.15, 0.2) is 0 Å². The molecule has 0 unspecified atom stereocenters. The highest BCUT2D eigenvalue weighted by Gasteiger charge is 2.19. The lowest BCUT2D eigenvalue weighted by atomic mass is 9.94. The van der Waals surface area contributed by atoms with E-state index in [1.54, 1.807) is 0 Å². The molecule has 2 aliphatic heterocycles. The van der Waals surface area contributed by atoms with Gasteiger partial charge in [-0.25, -0.2) is 0 Å². The molecule has 2 aliphatic rings. The van der Waals surface area contributed by atoms with Crippen LogP contribution in [0.2, 0.25) is 0 Å². The number of carbonyl (C=O) groups is 1. The van der Waals surface area contributed by atoms with E-state index in [2.05, 4.69) is 22.6 Å². The van der Waals surface area contributed by atoms with Gasteiger partial charge in [0.05, 0.1) is 0 Å². The molecule has 4 heteroatoms. The molecular formula is C14H27N3O. The molecule has 1 amide bonds. The van der Waals surface area contributed by atoms with E-state index in [0.717, 1.165) is 38.9 Å². The van der Waals surface area contributed by atoms with Gasteiger partial charge in [-0.3, -0.25) is 4.79 Å². The third-order valence-electron chi connectivity index (χ3n) is 4.36. The molecule has 104 valence electrons. The van der Waals surface area contributed by atoms with Crippen LogP contribution >= 0.6 is 0 Å². The Morgan fingerprint density at radius 3 is 2.50 bits per heavy atom. The van der Waals surface area contributed by atoms with Crippen molar-refractivity contribution in [1.82, 2.24) is 15.5 Å². The average molecular weight is 253 g/mol. The Balaban J connectivity index is 1.59. The summed E-state index contributed by atoms with van der Waals surface area (Å²) in [4.78, 5) is 14.2. The molecule has 2 fully saturated rings. The second-order valence-electron chi connectivity index (χ2n) is 5.95. The van der Waals surface area contributed by atoms with E-state index in [1.807, 2.05) is 0 Å². The van der Waals surface area contributed by atoms with Gasteiger partial charge in [0.2, 0.25) is 5.91 Å². The van der Waals surface area contributed by atoms with E-state index >= 15 is 0 Å². The maximum atomic E-state index is 11.9. The number of likely N-dealkylation sites (tertiary alicyclic amines) is 1. The van der Waals surface area contributed by atoms with Crippen molar-refractivity contribution in [3.05, 3.63) is 0 Å². The van der Waals surface area contributed by atoms with Gasteiger partial charge in [-0.2, -0.15) is 0 Å². The van der Waals surface area contributed by atoms with Crippen LogP contribution in [0.25, 0.3) is 0 Å². The van der Waals surface area contributed by atoms with Crippen LogP contribution in [0, 0.1) is 11.8 Å². The molecule has 2 rings (SSSR count). The maximum Gasteiger partial charge on any atom is 0.220 e. The first kappa shape index (κ1) is 13.8. The van der Waals surface area contributed by atoms with Crippen LogP contribution in [0.4, 0.5) is 0 Å². The Labute approximate surface area is 110 Å². The summed E-state index contributed by atoms with van der Waals surface area (Å²) in [6, 6.07) is 0. The third-order valence-corrected chi connectivity index (χ3v) is 4.36. The highest BCUT2D eigenvalue weighted by Crippen LogP contribution is 2.17. The first-order chi connectivity index (χ1) is 8.74. The summed E-state index contributed by atoms with van der Waals surface area (Å²) in [5, 5.41) is 6.48. The van der Waals surface area contributed by atoms with Crippen molar-refractivity contribution < 1.29 is 4.79 Å². The SMILES string of the molecule is CN1CCC(CNC(=O)CC2CCNCC2)CC1. The first-order valence-corrected chi connectivity index (χ1v) is 7.40. The van der Waals surface area contributed by atoms with Gasteiger partial charge in [0.25, 0.3) is 0 Å². The van der Waals surface area contributed by atoms with E-state index in [-0.39, 0.29) is 5.91 Å². The molecule has 2 heterocycles. The monoisotopic (exact) mass is 253 g/mol. The lowest BCUT2D eigenvalue weighted by molar-refractivity contribution is -0.122. The third kappa shape index (κ3) is 4.58. The highest BCUT2D eigenvalue weighted by molar-refractivity contribution is 5.76. The van der Waals surface area contributed by atoms with Gasteiger partial charge in [-0.1, -0.05) is 0 Å². The average Bonchev–Trinajstić information content (AvgIpc) is 2.39. The van der Waals surface area contributed by atoms with E-state index in [9.17, 15) is 4.79 Å². The normalized spacial score (nSPS) is 24.1. The van der Waals surface area contributed by atoms with Crippen molar-refractivity contribution in [2.75, 3.05) is 39.8 Å². The quantitative estimate of drug-likeness (QED) is 0.780. The minimum absolute atomic E-state index is 0.265. The predicted molar refractivity (Wildman–Crippen MR) is 73.4 cm³/mol. The van der Waals surface area contributed by atoms with Crippen molar-refractivity contribution in [1.29, 1.82) is 0 Å². The van der Waals surface area contributed by atoms with E-state index in [0.29, 0.717) is 11.8 Å². The molecule has 0 radical (unpaired) electrons. The summed E-state index contributed by atoms with van der Waals surface area (Å²) in [5.74, 6) is 1.56. The summed E-state index contributed by atoms with van der Waals surface area (Å²) in [5.41, 5.74) is 0. The van der Waals surface area contributed by atoms with E-state index in [4.69, 9.17) is 0 Å². The van der Waals surface area contributed by atoms with Gasteiger partial charge in [0.1, 0.15) is 0 Å². The van der Waals surface area contributed by atoms with Crippen LogP contribution in [-0.2, 0) is 4.79 Å². The standard InChI is InChI=1S/C14H27N3O/c1-17-8-4-13(5-9-17)11-16-14(18)10-12-2-6-15-7-3-12/h12-13,15H,2-11H2,1H3,(H,16,18). The summed E-state index contributed by atoms with van der Waals surface area (Å²) in [6.45, 7) is 5.39. The Hall–Kier alpha value is -0.610. The second kappa shape index (κ2) is 7.10. The van der Waals surface area contributed by atoms with Gasteiger partial charge >= 0.3 is 0 Å². The number of nitrogens with zero attached hydrogens (tertiary/aromatic N) is 1. The number of nitrogens with one attached hydrogen (secondary N) is 2. The van der Waals surface area contributed by atoms with Gasteiger partial charge in [0, 0.05) is 13.0 Å². The van der Waals surface area contributed by atoms with E-state index < -0.39 is 0 Å². The Bertz CT molecular complexity index is 256. The minimum atomic E-state index is 0.265. The molecule has 2 N–H and O–H groups in total. The number of piperidine rings is 2. The summed E-state index contributed by atoms with van der Waals surface area (Å²) in [7, 11) is 2.17. The van der Waals surface area contributed by atoms with Crippen LogP contribution in [0.3, 0.4) is 0 Å². The molecule has 0 aliphatic carbocycles. The fourth-order valence-electron chi connectivity index (χ4n) is 2.94. The molecule has 2 saturated heterocycles. The number of hydrogen-bond donors (Lipinski definition) is 2. The number of amides is 1. The minimum Gasteiger partial charge on any atom is -0.356 e. The number of hydrogen-bond acceptors (Lipinski definition) is 3. The lowest BCUT2D eigenvalue weighted by Gasteiger charge is -2.29. The van der Waals surface area contributed by atoms with Gasteiger partial charge < -0.3 is 15.5 Å². The second-order valence-corrected chi connectivity index (χ2v) is 5.95. The molecule has 0 spiro atoms. The van der Waals surface area contributed by atoms with Crippen LogP contribution in [-0.4, -0.2) is 50.6 Å². The lowest BCUT2D eigenvalue weighted by Crippen LogP contribution is -2.38. The zero-order chi connectivity index (χ0) is 12.8. The fraction of sp³-hybridized carbons (Fsp3) is 0.929. The zero-order valence-electron chi connectivity index (χ0n) is 11.6. The predicted octanol–water partition coefficient (Wildman–Crippen LogP) is 0.834. The molecule has 0 atom stereocenters. The Morgan fingerprint density at radius 2 is 1.83 bits per heavy atom. The summed E-state index contributed by atoms with van der Waals surface area (Å²) >= 11 is 0.